The molecule has 2 aromatic rings. The van der Waals surface area contributed by atoms with Gasteiger partial charge in [0, 0.05) is 12.1 Å². The molecule has 2 rings (SSSR count). The van der Waals surface area contributed by atoms with Crippen LogP contribution < -0.4 is 14.9 Å². The number of phenolic OH excluding ortho intramolecular Hbond substituents is 1. The minimum absolute atomic E-state index is 0.0186. The Bertz CT molecular complexity index is 569. The Morgan fingerprint density at radius 2 is 2.21 bits per heavy atom. The predicted molar refractivity (Wildman–Crippen MR) is 66.6 cm³/mol. The molecule has 0 radical (unpaired) electrons. The number of hydrogen-bond donors (Lipinski definition) is 3. The third-order valence-corrected chi connectivity index (χ3v) is 2.25. The summed E-state index contributed by atoms with van der Waals surface area (Å²) in [5.41, 5.74) is 2.94. The van der Waals surface area contributed by atoms with E-state index in [1.807, 2.05) is 0 Å². The quantitative estimate of drug-likeness (QED) is 0.527. The fraction of sp³-hybridized carbons (Fsp3) is 0.200. The summed E-state index contributed by atoms with van der Waals surface area (Å²) < 4.78 is 10.2. The minimum Gasteiger partial charge on any atom is -0.507 e. The number of aromatic amines is 1. The van der Waals surface area contributed by atoms with Crippen LogP contribution >= 0.6 is 0 Å². The maximum absolute atomic E-state index is 9.86. The minimum atomic E-state index is -0.0186. The van der Waals surface area contributed by atoms with E-state index in [0.29, 0.717) is 17.1 Å². The Morgan fingerprint density at radius 3 is 2.84 bits per heavy atom. The number of tetrazole rings is 1. The second kappa shape index (κ2) is 5.67. The summed E-state index contributed by atoms with van der Waals surface area (Å²) in [5.74, 6) is 1.10. The van der Waals surface area contributed by atoms with Crippen molar-refractivity contribution in [2.75, 3.05) is 19.6 Å². The molecule has 0 amide bonds. The lowest BCUT2D eigenvalue weighted by atomic mass is 10.2. The molecule has 0 saturated carbocycles. The number of rotatable bonds is 5. The van der Waals surface area contributed by atoms with Gasteiger partial charge in [0.25, 0.3) is 5.95 Å². The summed E-state index contributed by atoms with van der Waals surface area (Å²) in [6, 6.07) is 3.09. The van der Waals surface area contributed by atoms with Crippen LogP contribution in [0.25, 0.3) is 0 Å². The largest absolute Gasteiger partial charge is 0.507 e. The highest BCUT2D eigenvalue weighted by molar-refractivity contribution is 5.88. The Kier molecular flexibility index (Phi) is 3.76. The predicted octanol–water partition coefficient (Wildman–Crippen LogP) is 0.368. The normalized spacial score (nSPS) is 10.6. The number of aromatic nitrogens is 4. The van der Waals surface area contributed by atoms with Crippen LogP contribution in [0.5, 0.6) is 17.2 Å². The van der Waals surface area contributed by atoms with Crippen molar-refractivity contribution in [3.63, 3.8) is 0 Å². The van der Waals surface area contributed by atoms with Crippen LogP contribution in [-0.4, -0.2) is 46.2 Å². The molecule has 9 nitrogen and oxygen atoms in total. The average molecular weight is 264 g/mol. The number of nitrogens with one attached hydrogen (secondary N) is 2. The van der Waals surface area contributed by atoms with Crippen molar-refractivity contribution in [1.29, 1.82) is 0 Å². The van der Waals surface area contributed by atoms with Gasteiger partial charge in [0.2, 0.25) is 0 Å². The summed E-state index contributed by atoms with van der Waals surface area (Å²) in [4.78, 5) is 0. The smallest absolute Gasteiger partial charge is 0.283 e. The molecule has 19 heavy (non-hydrogen) atoms. The third kappa shape index (κ3) is 2.89. The van der Waals surface area contributed by atoms with Crippen molar-refractivity contribution in [3.8, 4) is 17.2 Å². The summed E-state index contributed by atoms with van der Waals surface area (Å²) in [6.07, 6.45) is 1.38. The Balaban J connectivity index is 2.21. The van der Waals surface area contributed by atoms with Crippen molar-refractivity contribution >= 4 is 12.2 Å². The molecular weight excluding hydrogens is 252 g/mol. The van der Waals surface area contributed by atoms with Gasteiger partial charge in [-0.2, -0.15) is 10.3 Å². The Hall–Kier alpha value is -2.84. The molecule has 1 heterocycles. The summed E-state index contributed by atoms with van der Waals surface area (Å²) >= 11 is 0. The van der Waals surface area contributed by atoms with E-state index in [1.165, 1.54) is 26.5 Å². The van der Waals surface area contributed by atoms with Crippen LogP contribution in [0.4, 0.5) is 5.95 Å². The molecule has 0 saturated heterocycles. The molecule has 100 valence electrons. The number of aromatic hydroxyl groups is 1. The van der Waals surface area contributed by atoms with Crippen molar-refractivity contribution in [3.05, 3.63) is 17.7 Å². The highest BCUT2D eigenvalue weighted by Gasteiger charge is 2.09. The number of phenols is 1. The SMILES string of the molecule is COc1cc(O)c(/C=N/Nc2nn[nH]n2)c(OC)c1. The molecule has 0 bridgehead atoms. The zero-order valence-corrected chi connectivity index (χ0v) is 10.3. The maximum Gasteiger partial charge on any atom is 0.283 e. The molecule has 0 aliphatic carbocycles. The van der Waals surface area contributed by atoms with E-state index in [9.17, 15) is 5.11 Å². The Morgan fingerprint density at radius 1 is 1.37 bits per heavy atom. The van der Waals surface area contributed by atoms with Gasteiger partial charge in [0.05, 0.1) is 26.0 Å². The van der Waals surface area contributed by atoms with Crippen molar-refractivity contribution < 1.29 is 14.6 Å². The van der Waals surface area contributed by atoms with Crippen LogP contribution in [0, 0.1) is 0 Å². The van der Waals surface area contributed by atoms with Crippen molar-refractivity contribution in [2.45, 2.75) is 0 Å². The number of benzene rings is 1. The van der Waals surface area contributed by atoms with Gasteiger partial charge in [-0.05, 0) is 5.21 Å². The van der Waals surface area contributed by atoms with Crippen LogP contribution in [0.2, 0.25) is 0 Å². The first kappa shape index (κ1) is 12.6. The van der Waals surface area contributed by atoms with Crippen molar-refractivity contribution in [2.24, 2.45) is 5.10 Å². The lowest BCUT2D eigenvalue weighted by Gasteiger charge is -2.09. The van der Waals surface area contributed by atoms with Gasteiger partial charge in [-0.1, -0.05) is 5.10 Å². The van der Waals surface area contributed by atoms with Gasteiger partial charge in [-0.15, -0.1) is 5.10 Å². The molecule has 0 unspecified atom stereocenters. The van der Waals surface area contributed by atoms with Gasteiger partial charge < -0.3 is 14.6 Å². The summed E-state index contributed by atoms with van der Waals surface area (Å²) in [6.45, 7) is 0. The molecule has 0 aliphatic rings. The van der Waals surface area contributed by atoms with E-state index in [1.54, 1.807) is 6.07 Å². The zero-order valence-electron chi connectivity index (χ0n) is 10.3. The monoisotopic (exact) mass is 264 g/mol. The topological polar surface area (TPSA) is 118 Å². The molecule has 9 heteroatoms. The molecule has 0 fully saturated rings. The number of ether oxygens (including phenoxy) is 2. The van der Waals surface area contributed by atoms with E-state index in [2.05, 4.69) is 31.2 Å². The van der Waals surface area contributed by atoms with Gasteiger partial charge in [-0.25, -0.2) is 5.43 Å². The maximum atomic E-state index is 9.86. The van der Waals surface area contributed by atoms with Crippen molar-refractivity contribution in [1.82, 2.24) is 20.6 Å². The summed E-state index contributed by atoms with van der Waals surface area (Å²) in [5, 5.41) is 26.7. The standard InChI is InChI=1S/C10H12N6O3/c1-18-6-3-8(17)7(9(4-6)19-2)5-11-12-10-13-15-16-14-10/h3-5,17H,1-2H3,(H2,12,13,14,15,16)/b11-5+. The van der Waals surface area contributed by atoms with E-state index < -0.39 is 0 Å². The van der Waals surface area contributed by atoms with Gasteiger partial charge in [0.15, 0.2) is 0 Å². The molecule has 3 N–H and O–H groups in total. The molecule has 0 spiro atoms. The van der Waals surface area contributed by atoms with Crippen LogP contribution in [0.1, 0.15) is 5.56 Å². The molecule has 1 aromatic heterocycles. The Labute approximate surface area is 108 Å². The second-order valence-corrected chi connectivity index (χ2v) is 3.37. The van der Waals surface area contributed by atoms with E-state index in [-0.39, 0.29) is 11.7 Å². The number of hydrogen-bond acceptors (Lipinski definition) is 8. The number of methoxy groups -OCH3 is 2. The highest BCUT2D eigenvalue weighted by atomic mass is 16.5. The lowest BCUT2D eigenvalue weighted by molar-refractivity contribution is 0.384. The van der Waals surface area contributed by atoms with Gasteiger partial charge >= 0.3 is 0 Å². The molecule has 0 aliphatic heterocycles. The zero-order chi connectivity index (χ0) is 13.7. The molecular formula is C10H12N6O3. The van der Waals surface area contributed by atoms with Crippen LogP contribution in [0.15, 0.2) is 17.2 Å². The average Bonchev–Trinajstić information content (AvgIpc) is 2.93. The van der Waals surface area contributed by atoms with E-state index in [0.717, 1.165) is 0 Å². The van der Waals surface area contributed by atoms with Crippen LogP contribution in [0.3, 0.4) is 0 Å². The number of hydrazone groups is 1. The molecule has 0 atom stereocenters. The highest BCUT2D eigenvalue weighted by Crippen LogP contribution is 2.31. The summed E-state index contributed by atoms with van der Waals surface area (Å²) in [7, 11) is 2.98. The first-order valence-corrected chi connectivity index (χ1v) is 5.22. The lowest BCUT2D eigenvalue weighted by Crippen LogP contribution is -1.97. The van der Waals surface area contributed by atoms with Gasteiger partial charge in [0.1, 0.15) is 17.2 Å². The molecule has 1 aromatic carbocycles. The van der Waals surface area contributed by atoms with Gasteiger partial charge in [-0.3, -0.25) is 0 Å². The van der Waals surface area contributed by atoms with E-state index >= 15 is 0 Å². The van der Waals surface area contributed by atoms with Crippen LogP contribution in [-0.2, 0) is 0 Å². The second-order valence-electron chi connectivity index (χ2n) is 3.37. The van der Waals surface area contributed by atoms with E-state index in [4.69, 9.17) is 9.47 Å². The first-order valence-electron chi connectivity index (χ1n) is 5.22. The fourth-order valence-corrected chi connectivity index (χ4v) is 1.37. The number of anilines is 1. The first-order chi connectivity index (χ1) is 9.24. The third-order valence-electron chi connectivity index (χ3n) is 2.25. The number of H-pyrrole nitrogens is 1. The fourth-order valence-electron chi connectivity index (χ4n) is 1.37. The number of nitrogens with zero attached hydrogens (tertiary/aromatic N) is 4.